The van der Waals surface area contributed by atoms with Crippen molar-refractivity contribution >= 4 is 17.3 Å². The van der Waals surface area contributed by atoms with Gasteiger partial charge in [0.25, 0.3) is 5.69 Å². The largest absolute Gasteiger partial charge is 0.378 e. The molecule has 120 valence electrons. The molecule has 0 spiro atoms. The van der Waals surface area contributed by atoms with Crippen LogP contribution >= 0.6 is 0 Å². The summed E-state index contributed by atoms with van der Waals surface area (Å²) in [4.78, 5) is 22.6. The normalized spacial score (nSPS) is 20.6. The van der Waals surface area contributed by atoms with Crippen LogP contribution in [0.15, 0.2) is 24.3 Å². The number of benzene rings is 1. The SMILES string of the molecule is NC[C@H]1CCC[C@H]1C(=O)NCCNc1ccccc1[N+](=O)[O-]. The molecular weight excluding hydrogens is 284 g/mol. The Hall–Kier alpha value is -2.15. The topological polar surface area (TPSA) is 110 Å². The Morgan fingerprint density at radius 2 is 2.09 bits per heavy atom. The molecule has 0 aromatic heterocycles. The number of anilines is 1. The fourth-order valence-electron chi connectivity index (χ4n) is 2.96. The number of hydrogen-bond donors (Lipinski definition) is 3. The highest BCUT2D eigenvalue weighted by Crippen LogP contribution is 2.30. The first kappa shape index (κ1) is 16.2. The lowest BCUT2D eigenvalue weighted by Crippen LogP contribution is -2.37. The van der Waals surface area contributed by atoms with Crippen molar-refractivity contribution in [3.8, 4) is 0 Å². The van der Waals surface area contributed by atoms with Gasteiger partial charge in [0.15, 0.2) is 0 Å². The minimum absolute atomic E-state index is 0.0102. The summed E-state index contributed by atoms with van der Waals surface area (Å²) in [6.45, 7) is 1.42. The molecule has 7 heteroatoms. The molecule has 0 bridgehead atoms. The summed E-state index contributed by atoms with van der Waals surface area (Å²) in [5.74, 6) is 0.330. The fourth-order valence-corrected chi connectivity index (χ4v) is 2.96. The molecule has 0 unspecified atom stereocenters. The van der Waals surface area contributed by atoms with Crippen LogP contribution in [-0.2, 0) is 4.79 Å². The quantitative estimate of drug-likeness (QED) is 0.401. The van der Waals surface area contributed by atoms with Crippen LogP contribution in [-0.4, -0.2) is 30.5 Å². The van der Waals surface area contributed by atoms with E-state index in [2.05, 4.69) is 10.6 Å². The third kappa shape index (κ3) is 3.94. The molecule has 1 fully saturated rings. The van der Waals surface area contributed by atoms with E-state index in [0.717, 1.165) is 19.3 Å². The highest BCUT2D eigenvalue weighted by molar-refractivity contribution is 5.79. The molecule has 0 heterocycles. The zero-order valence-electron chi connectivity index (χ0n) is 12.5. The van der Waals surface area contributed by atoms with Gasteiger partial charge in [0.2, 0.25) is 5.91 Å². The van der Waals surface area contributed by atoms with Crippen LogP contribution < -0.4 is 16.4 Å². The lowest BCUT2D eigenvalue weighted by atomic mass is 9.95. The van der Waals surface area contributed by atoms with Crippen LogP contribution in [0.5, 0.6) is 0 Å². The van der Waals surface area contributed by atoms with E-state index in [1.54, 1.807) is 18.2 Å². The molecule has 0 aliphatic heterocycles. The van der Waals surface area contributed by atoms with Crippen molar-refractivity contribution in [3.63, 3.8) is 0 Å². The Morgan fingerprint density at radius 1 is 1.32 bits per heavy atom. The summed E-state index contributed by atoms with van der Waals surface area (Å²) in [5.41, 5.74) is 6.18. The van der Waals surface area contributed by atoms with E-state index in [1.165, 1.54) is 6.07 Å². The van der Waals surface area contributed by atoms with E-state index in [-0.39, 0.29) is 23.4 Å². The summed E-state index contributed by atoms with van der Waals surface area (Å²) in [6.07, 6.45) is 2.96. The van der Waals surface area contributed by atoms with Gasteiger partial charge in [0.1, 0.15) is 5.69 Å². The van der Waals surface area contributed by atoms with Crippen molar-refractivity contribution in [1.29, 1.82) is 0 Å². The number of nitro benzene ring substituents is 1. The molecule has 0 radical (unpaired) electrons. The van der Waals surface area contributed by atoms with Crippen molar-refractivity contribution in [3.05, 3.63) is 34.4 Å². The maximum atomic E-state index is 12.1. The number of carbonyl (C=O) groups excluding carboxylic acids is 1. The summed E-state index contributed by atoms with van der Waals surface area (Å²) in [7, 11) is 0. The molecule has 1 saturated carbocycles. The highest BCUT2D eigenvalue weighted by atomic mass is 16.6. The Kier molecular flexibility index (Phi) is 5.71. The van der Waals surface area contributed by atoms with Gasteiger partial charge in [0, 0.05) is 25.1 Å². The van der Waals surface area contributed by atoms with Crippen molar-refractivity contribution in [1.82, 2.24) is 5.32 Å². The second-order valence-electron chi connectivity index (χ2n) is 5.53. The number of nitrogens with one attached hydrogen (secondary N) is 2. The molecule has 2 rings (SSSR count). The van der Waals surface area contributed by atoms with Crippen LogP contribution in [0.3, 0.4) is 0 Å². The number of amides is 1. The molecular formula is C15H22N4O3. The van der Waals surface area contributed by atoms with Crippen molar-refractivity contribution in [2.75, 3.05) is 25.0 Å². The summed E-state index contributed by atoms with van der Waals surface area (Å²) in [5, 5.41) is 16.8. The van der Waals surface area contributed by atoms with Gasteiger partial charge in [-0.2, -0.15) is 0 Å². The smallest absolute Gasteiger partial charge is 0.292 e. The molecule has 2 atom stereocenters. The molecule has 1 amide bonds. The summed E-state index contributed by atoms with van der Waals surface area (Å²) in [6, 6.07) is 6.46. The van der Waals surface area contributed by atoms with Gasteiger partial charge in [-0.05, 0) is 31.4 Å². The average Bonchev–Trinajstić information content (AvgIpc) is 3.00. The summed E-state index contributed by atoms with van der Waals surface area (Å²) >= 11 is 0. The number of hydrogen-bond acceptors (Lipinski definition) is 5. The van der Waals surface area contributed by atoms with Crippen molar-refractivity contribution in [2.45, 2.75) is 19.3 Å². The summed E-state index contributed by atoms with van der Waals surface area (Å²) < 4.78 is 0. The van der Waals surface area contributed by atoms with Gasteiger partial charge in [-0.15, -0.1) is 0 Å². The third-order valence-electron chi connectivity index (χ3n) is 4.14. The van der Waals surface area contributed by atoms with E-state index >= 15 is 0 Å². The first-order chi connectivity index (χ1) is 10.6. The maximum Gasteiger partial charge on any atom is 0.292 e. The lowest BCUT2D eigenvalue weighted by molar-refractivity contribution is -0.384. The predicted octanol–water partition coefficient (Wildman–Crippen LogP) is 1.50. The standard InChI is InChI=1S/C15H22N4O3/c16-10-11-4-3-5-12(11)15(20)18-9-8-17-13-6-1-2-7-14(13)19(21)22/h1-2,6-7,11-12,17H,3-5,8-10,16H2,(H,18,20)/t11-,12-/m1/s1. The zero-order valence-corrected chi connectivity index (χ0v) is 12.5. The van der Waals surface area contributed by atoms with Crippen LogP contribution in [0, 0.1) is 22.0 Å². The Balaban J connectivity index is 1.78. The monoisotopic (exact) mass is 306 g/mol. The van der Waals surface area contributed by atoms with E-state index in [1.807, 2.05) is 0 Å². The Labute approximate surface area is 129 Å². The number of nitrogens with zero attached hydrogens (tertiary/aromatic N) is 1. The molecule has 1 aliphatic rings. The molecule has 1 aliphatic carbocycles. The predicted molar refractivity (Wildman–Crippen MR) is 84.5 cm³/mol. The average molecular weight is 306 g/mol. The van der Waals surface area contributed by atoms with Gasteiger partial charge in [-0.1, -0.05) is 18.6 Å². The van der Waals surface area contributed by atoms with Crippen molar-refractivity contribution in [2.24, 2.45) is 17.6 Å². The number of nitrogens with two attached hydrogens (primary N) is 1. The molecule has 22 heavy (non-hydrogen) atoms. The van der Waals surface area contributed by atoms with Crippen LogP contribution in [0.1, 0.15) is 19.3 Å². The molecule has 4 N–H and O–H groups in total. The molecule has 7 nitrogen and oxygen atoms in total. The second-order valence-corrected chi connectivity index (χ2v) is 5.53. The van der Waals surface area contributed by atoms with Crippen LogP contribution in [0.4, 0.5) is 11.4 Å². The van der Waals surface area contributed by atoms with Gasteiger partial charge in [-0.3, -0.25) is 14.9 Å². The molecule has 1 aromatic rings. The highest BCUT2D eigenvalue weighted by Gasteiger charge is 2.31. The second kappa shape index (κ2) is 7.74. The van der Waals surface area contributed by atoms with E-state index in [0.29, 0.717) is 25.3 Å². The minimum atomic E-state index is -0.425. The van der Waals surface area contributed by atoms with Gasteiger partial charge in [-0.25, -0.2) is 0 Å². The number of para-hydroxylation sites is 2. The fraction of sp³-hybridized carbons (Fsp3) is 0.533. The molecule has 1 aromatic carbocycles. The Bertz CT molecular complexity index is 535. The van der Waals surface area contributed by atoms with Crippen LogP contribution in [0.2, 0.25) is 0 Å². The number of nitro groups is 1. The van der Waals surface area contributed by atoms with Gasteiger partial charge in [0.05, 0.1) is 4.92 Å². The number of carbonyl (C=O) groups is 1. The zero-order chi connectivity index (χ0) is 15.9. The van der Waals surface area contributed by atoms with Gasteiger partial charge < -0.3 is 16.4 Å². The minimum Gasteiger partial charge on any atom is -0.378 e. The van der Waals surface area contributed by atoms with E-state index in [4.69, 9.17) is 5.73 Å². The van der Waals surface area contributed by atoms with E-state index in [9.17, 15) is 14.9 Å². The molecule has 0 saturated heterocycles. The van der Waals surface area contributed by atoms with Crippen molar-refractivity contribution < 1.29 is 9.72 Å². The Morgan fingerprint density at radius 3 is 2.82 bits per heavy atom. The first-order valence-electron chi connectivity index (χ1n) is 7.58. The first-order valence-corrected chi connectivity index (χ1v) is 7.58. The van der Waals surface area contributed by atoms with Crippen LogP contribution in [0.25, 0.3) is 0 Å². The van der Waals surface area contributed by atoms with Gasteiger partial charge >= 0.3 is 0 Å². The maximum absolute atomic E-state index is 12.1. The number of rotatable bonds is 7. The lowest BCUT2D eigenvalue weighted by Gasteiger charge is -2.17. The van der Waals surface area contributed by atoms with E-state index < -0.39 is 4.92 Å². The third-order valence-corrected chi connectivity index (χ3v) is 4.14.